The van der Waals surface area contributed by atoms with Gasteiger partial charge in [-0.25, -0.2) is 4.98 Å². The van der Waals surface area contributed by atoms with Crippen LogP contribution in [0.2, 0.25) is 0 Å². The van der Waals surface area contributed by atoms with Crippen LogP contribution in [-0.4, -0.2) is 16.3 Å². The molecule has 2 heterocycles. The molecule has 0 atom stereocenters. The van der Waals surface area contributed by atoms with Gasteiger partial charge in [0.05, 0.1) is 11.3 Å². The van der Waals surface area contributed by atoms with Gasteiger partial charge in [-0.3, -0.25) is 9.59 Å². The number of H-pyrrole nitrogens is 1. The van der Waals surface area contributed by atoms with E-state index in [0.717, 1.165) is 17.4 Å². The number of nitrogens with zero attached hydrogens (tertiary/aromatic N) is 1. The summed E-state index contributed by atoms with van der Waals surface area (Å²) in [6.07, 6.45) is 3.93. The summed E-state index contributed by atoms with van der Waals surface area (Å²) < 4.78 is 0. The van der Waals surface area contributed by atoms with Crippen LogP contribution in [0.1, 0.15) is 15.9 Å². The smallest absolute Gasteiger partial charge is 0.259 e. The minimum absolute atomic E-state index is 0.302. The molecule has 6 nitrogen and oxygen atoms in total. The topological polar surface area (TPSA) is 101 Å². The highest BCUT2D eigenvalue weighted by Gasteiger charge is 2.06. The van der Waals surface area contributed by atoms with Crippen LogP contribution in [0.3, 0.4) is 0 Å². The van der Waals surface area contributed by atoms with Gasteiger partial charge in [0.2, 0.25) is 0 Å². The molecule has 0 aliphatic carbocycles. The second-order valence-corrected chi connectivity index (χ2v) is 4.94. The Morgan fingerprint density at radius 3 is 2.74 bits per heavy atom. The molecule has 0 saturated carbocycles. The lowest BCUT2D eigenvalue weighted by Gasteiger charge is -2.05. The highest BCUT2D eigenvalue weighted by atomic mass is 16.1. The molecule has 1 aromatic carbocycles. The maximum absolute atomic E-state index is 12.1. The Labute approximate surface area is 131 Å². The lowest BCUT2D eigenvalue weighted by atomic mass is 10.1. The third kappa shape index (κ3) is 3.11. The number of carbonyl (C=O) groups excluding carboxylic acids is 1. The fraction of sp³-hybridized carbons (Fsp3) is 0. The summed E-state index contributed by atoms with van der Waals surface area (Å²) in [7, 11) is 0. The van der Waals surface area contributed by atoms with E-state index < -0.39 is 0 Å². The zero-order valence-electron chi connectivity index (χ0n) is 12.1. The lowest BCUT2D eigenvalue weighted by molar-refractivity contribution is 0.112. The van der Waals surface area contributed by atoms with E-state index >= 15 is 0 Å². The van der Waals surface area contributed by atoms with E-state index in [9.17, 15) is 9.59 Å². The summed E-state index contributed by atoms with van der Waals surface area (Å²) in [5.74, 6) is 0. The first kappa shape index (κ1) is 14.5. The number of aldehydes is 1. The van der Waals surface area contributed by atoms with Crippen LogP contribution in [0.5, 0.6) is 0 Å². The second-order valence-electron chi connectivity index (χ2n) is 4.94. The van der Waals surface area contributed by atoms with Gasteiger partial charge in [-0.2, -0.15) is 0 Å². The standard InChI is InChI=1S/C17H14N4O2/c18-15(9-20-13-5-3-11(10-22)4-6-13)14-8-12-2-1-7-19-16(12)21-17(14)23/h1-10,20H,18H2,(H,19,21,23)/b15-9-. The molecule has 2 aromatic heterocycles. The van der Waals surface area contributed by atoms with Gasteiger partial charge in [0.15, 0.2) is 0 Å². The van der Waals surface area contributed by atoms with Gasteiger partial charge < -0.3 is 16.0 Å². The highest BCUT2D eigenvalue weighted by Crippen LogP contribution is 2.13. The van der Waals surface area contributed by atoms with Gasteiger partial charge in [-0.15, -0.1) is 0 Å². The van der Waals surface area contributed by atoms with Gasteiger partial charge in [0.1, 0.15) is 11.9 Å². The van der Waals surface area contributed by atoms with E-state index in [1.807, 2.05) is 6.07 Å². The third-order valence-corrected chi connectivity index (χ3v) is 3.37. The number of nitrogens with one attached hydrogen (secondary N) is 2. The van der Waals surface area contributed by atoms with Crippen molar-refractivity contribution in [3.63, 3.8) is 0 Å². The number of hydrogen-bond acceptors (Lipinski definition) is 5. The van der Waals surface area contributed by atoms with Crippen molar-refractivity contribution in [2.75, 3.05) is 5.32 Å². The summed E-state index contributed by atoms with van der Waals surface area (Å²) in [5, 5.41) is 3.80. The van der Waals surface area contributed by atoms with Crippen molar-refractivity contribution in [1.82, 2.24) is 9.97 Å². The van der Waals surface area contributed by atoms with Crippen LogP contribution in [0.15, 0.2) is 59.7 Å². The SMILES string of the molecule is N/C(=C\Nc1ccc(C=O)cc1)c1cc2cccnc2[nH]c1=O. The monoisotopic (exact) mass is 306 g/mol. The molecule has 0 radical (unpaired) electrons. The summed E-state index contributed by atoms with van der Waals surface area (Å²) in [4.78, 5) is 29.5. The van der Waals surface area contributed by atoms with Crippen LogP contribution >= 0.6 is 0 Å². The first-order valence-electron chi connectivity index (χ1n) is 6.93. The molecule has 6 heteroatoms. The highest BCUT2D eigenvalue weighted by molar-refractivity contribution is 5.79. The van der Waals surface area contributed by atoms with Crippen molar-refractivity contribution < 1.29 is 4.79 Å². The number of aromatic nitrogens is 2. The summed E-state index contributed by atoms with van der Waals surface area (Å²) in [6.45, 7) is 0. The molecule has 0 spiro atoms. The summed E-state index contributed by atoms with van der Waals surface area (Å²) >= 11 is 0. The van der Waals surface area contributed by atoms with E-state index in [-0.39, 0.29) is 5.56 Å². The fourth-order valence-corrected chi connectivity index (χ4v) is 2.15. The van der Waals surface area contributed by atoms with Crippen molar-refractivity contribution in [2.24, 2.45) is 5.73 Å². The van der Waals surface area contributed by atoms with Gasteiger partial charge in [0.25, 0.3) is 5.56 Å². The molecular weight excluding hydrogens is 292 g/mol. The van der Waals surface area contributed by atoms with Crippen LogP contribution in [0, 0.1) is 0 Å². The van der Waals surface area contributed by atoms with Crippen molar-refractivity contribution in [2.45, 2.75) is 0 Å². The van der Waals surface area contributed by atoms with Crippen molar-refractivity contribution >= 4 is 28.7 Å². The number of pyridine rings is 2. The van der Waals surface area contributed by atoms with Crippen molar-refractivity contribution in [3.05, 3.63) is 76.3 Å². The lowest BCUT2D eigenvalue weighted by Crippen LogP contribution is -2.16. The molecule has 3 aromatic rings. The molecular formula is C17H14N4O2. The van der Waals surface area contributed by atoms with E-state index in [2.05, 4.69) is 15.3 Å². The predicted octanol–water partition coefficient (Wildman–Crippen LogP) is 2.10. The number of carbonyl (C=O) groups is 1. The number of anilines is 1. The Bertz CT molecular complexity index is 943. The number of aromatic amines is 1. The maximum Gasteiger partial charge on any atom is 0.259 e. The minimum Gasteiger partial charge on any atom is -0.397 e. The first-order valence-corrected chi connectivity index (χ1v) is 6.93. The molecule has 0 unspecified atom stereocenters. The minimum atomic E-state index is -0.303. The fourth-order valence-electron chi connectivity index (χ4n) is 2.15. The largest absolute Gasteiger partial charge is 0.397 e. The average molecular weight is 306 g/mol. The molecule has 0 fully saturated rings. The number of benzene rings is 1. The molecule has 0 aliphatic heterocycles. The molecule has 3 rings (SSSR count). The molecule has 0 bridgehead atoms. The Morgan fingerprint density at radius 2 is 2.00 bits per heavy atom. The zero-order valence-corrected chi connectivity index (χ0v) is 12.1. The Morgan fingerprint density at radius 1 is 1.22 bits per heavy atom. The predicted molar refractivity (Wildman–Crippen MR) is 90.0 cm³/mol. The molecule has 23 heavy (non-hydrogen) atoms. The van der Waals surface area contributed by atoms with Crippen LogP contribution < -0.4 is 16.6 Å². The number of nitrogens with two attached hydrogens (primary N) is 1. The average Bonchev–Trinajstić information content (AvgIpc) is 2.59. The Balaban J connectivity index is 1.89. The van der Waals surface area contributed by atoms with E-state index in [1.54, 1.807) is 48.8 Å². The quantitative estimate of drug-likeness (QED) is 0.641. The summed E-state index contributed by atoms with van der Waals surface area (Å²) in [6, 6.07) is 12.2. The van der Waals surface area contributed by atoms with Gasteiger partial charge in [-0.05, 0) is 42.5 Å². The van der Waals surface area contributed by atoms with Crippen molar-refractivity contribution in [1.29, 1.82) is 0 Å². The molecule has 0 amide bonds. The number of hydrogen-bond donors (Lipinski definition) is 3. The second kappa shape index (κ2) is 6.15. The summed E-state index contributed by atoms with van der Waals surface area (Å²) in [5.41, 5.74) is 8.23. The first-order chi connectivity index (χ1) is 11.2. The van der Waals surface area contributed by atoms with E-state index in [4.69, 9.17) is 5.73 Å². The van der Waals surface area contributed by atoms with Crippen LogP contribution in [0.4, 0.5) is 5.69 Å². The molecule has 114 valence electrons. The number of rotatable bonds is 4. The van der Waals surface area contributed by atoms with Crippen molar-refractivity contribution in [3.8, 4) is 0 Å². The Kier molecular flexibility index (Phi) is 3.88. The van der Waals surface area contributed by atoms with E-state index in [0.29, 0.717) is 22.5 Å². The normalized spacial score (nSPS) is 11.4. The van der Waals surface area contributed by atoms with Gasteiger partial charge in [-0.1, -0.05) is 0 Å². The van der Waals surface area contributed by atoms with Gasteiger partial charge >= 0.3 is 0 Å². The maximum atomic E-state index is 12.1. The molecule has 0 aliphatic rings. The van der Waals surface area contributed by atoms with Gasteiger partial charge in [0, 0.05) is 29.0 Å². The Hall–Kier alpha value is -3.41. The number of fused-ring (bicyclic) bond motifs is 1. The van der Waals surface area contributed by atoms with E-state index in [1.165, 1.54) is 0 Å². The zero-order chi connectivity index (χ0) is 16.2. The molecule has 4 N–H and O–H groups in total. The van der Waals surface area contributed by atoms with Crippen LogP contribution in [0.25, 0.3) is 16.7 Å². The third-order valence-electron chi connectivity index (χ3n) is 3.37. The van der Waals surface area contributed by atoms with Crippen LogP contribution in [-0.2, 0) is 0 Å². The molecule has 0 saturated heterocycles.